The van der Waals surface area contributed by atoms with Gasteiger partial charge >= 0.3 is 0 Å². The van der Waals surface area contributed by atoms with Crippen LogP contribution in [0.5, 0.6) is 0 Å². The molecule has 1 aliphatic carbocycles. The minimum absolute atomic E-state index is 0.410. The Hall–Kier alpha value is -2.38. The molecule has 31 heavy (non-hydrogen) atoms. The predicted molar refractivity (Wildman–Crippen MR) is 132 cm³/mol. The molecule has 1 fully saturated rings. The highest BCUT2D eigenvalue weighted by atomic mass is 16.5. The largest absolute Gasteiger partial charge is 0.378 e. The number of ether oxygens (including phenoxy) is 1. The van der Waals surface area contributed by atoms with E-state index in [1.165, 1.54) is 47.1 Å². The van der Waals surface area contributed by atoms with Gasteiger partial charge in [0.1, 0.15) is 0 Å². The van der Waals surface area contributed by atoms with Gasteiger partial charge < -0.3 is 4.74 Å². The first kappa shape index (κ1) is 21.8. The number of benzene rings is 3. The Labute approximate surface area is 188 Å². The molecule has 1 aliphatic rings. The van der Waals surface area contributed by atoms with Crippen molar-refractivity contribution in [1.29, 1.82) is 0 Å². The topological polar surface area (TPSA) is 9.23 Å². The Balaban J connectivity index is 1.53. The van der Waals surface area contributed by atoms with E-state index in [-0.39, 0.29) is 0 Å². The summed E-state index contributed by atoms with van der Waals surface area (Å²) < 4.78 is 6.54. The lowest BCUT2D eigenvalue weighted by atomic mass is 9.75. The molecule has 1 heteroatoms. The number of hydrogen-bond donors (Lipinski definition) is 0. The molecule has 162 valence electrons. The van der Waals surface area contributed by atoms with Gasteiger partial charge in [0.2, 0.25) is 0 Å². The van der Waals surface area contributed by atoms with Crippen LogP contribution in [-0.4, -0.2) is 12.7 Å². The van der Waals surface area contributed by atoms with Crippen LogP contribution in [0, 0.1) is 17.8 Å². The zero-order chi connectivity index (χ0) is 21.6. The summed E-state index contributed by atoms with van der Waals surface area (Å²) in [7, 11) is 0. The minimum Gasteiger partial charge on any atom is -0.378 e. The lowest BCUT2D eigenvalue weighted by molar-refractivity contribution is -0.0369. The summed E-state index contributed by atoms with van der Waals surface area (Å²) in [5, 5.41) is 0. The summed E-state index contributed by atoms with van der Waals surface area (Å²) in [6, 6.07) is 28.3. The van der Waals surface area contributed by atoms with Crippen molar-refractivity contribution in [2.75, 3.05) is 6.61 Å². The summed E-state index contributed by atoms with van der Waals surface area (Å²) in [6.07, 6.45) is 5.23. The van der Waals surface area contributed by atoms with E-state index >= 15 is 0 Å². The molecule has 3 aromatic carbocycles. The molecule has 0 saturated heterocycles. The van der Waals surface area contributed by atoms with Gasteiger partial charge in [0.25, 0.3) is 0 Å². The number of rotatable bonds is 7. The van der Waals surface area contributed by atoms with E-state index in [2.05, 4.69) is 99.6 Å². The van der Waals surface area contributed by atoms with Crippen molar-refractivity contribution in [3.8, 4) is 22.3 Å². The van der Waals surface area contributed by atoms with Crippen molar-refractivity contribution >= 4 is 0 Å². The van der Waals surface area contributed by atoms with E-state index in [0.717, 1.165) is 18.9 Å². The quantitative estimate of drug-likeness (QED) is 0.381. The van der Waals surface area contributed by atoms with E-state index in [9.17, 15) is 0 Å². The molecule has 4 rings (SSSR count). The zero-order valence-corrected chi connectivity index (χ0v) is 19.3. The highest BCUT2D eigenvalue weighted by Gasteiger charge is 2.31. The van der Waals surface area contributed by atoms with E-state index in [1.807, 2.05) is 0 Å². The lowest BCUT2D eigenvalue weighted by Gasteiger charge is -2.37. The van der Waals surface area contributed by atoms with Crippen LogP contribution in [0.2, 0.25) is 0 Å². The van der Waals surface area contributed by atoms with Gasteiger partial charge in [-0.25, -0.2) is 0 Å². The Morgan fingerprint density at radius 3 is 2.16 bits per heavy atom. The van der Waals surface area contributed by atoms with Gasteiger partial charge in [0, 0.05) is 0 Å². The first-order valence-corrected chi connectivity index (χ1v) is 12.0. The predicted octanol–water partition coefficient (Wildman–Crippen LogP) is 8.04. The number of hydrogen-bond acceptors (Lipinski definition) is 1. The minimum atomic E-state index is 0.410. The smallest absolute Gasteiger partial charge is 0.0608 e. The summed E-state index contributed by atoms with van der Waals surface area (Å²) in [6.45, 7) is 7.88. The average Bonchev–Trinajstić information content (AvgIpc) is 2.80. The maximum Gasteiger partial charge on any atom is 0.0608 e. The van der Waals surface area contributed by atoms with Gasteiger partial charge in [-0.2, -0.15) is 0 Å². The third kappa shape index (κ3) is 5.46. The molecule has 0 N–H and O–H groups in total. The van der Waals surface area contributed by atoms with Crippen LogP contribution in [-0.2, 0) is 11.2 Å². The molecule has 0 spiro atoms. The molecule has 0 aromatic heterocycles. The van der Waals surface area contributed by atoms with E-state index in [1.54, 1.807) is 0 Å². The van der Waals surface area contributed by atoms with Crippen LogP contribution in [0.4, 0.5) is 0 Å². The van der Waals surface area contributed by atoms with Gasteiger partial charge in [-0.05, 0) is 70.9 Å². The molecule has 3 atom stereocenters. The standard InChI is InChI=1S/C30H36O/c1-22(2)28-17-14-23(3)20-30(28)31-19-18-26-15-16-27(24-10-6-4-7-11-24)21-29(26)25-12-8-5-9-13-25/h4-13,15-16,21-23,28,30H,14,17-20H2,1-3H3/t23-,28+,30-/m1/s1. The van der Waals surface area contributed by atoms with Crippen molar-refractivity contribution < 1.29 is 4.74 Å². The molecular weight excluding hydrogens is 376 g/mol. The molecule has 0 heterocycles. The highest BCUT2D eigenvalue weighted by Crippen LogP contribution is 2.36. The lowest BCUT2D eigenvalue weighted by Crippen LogP contribution is -2.34. The first-order valence-electron chi connectivity index (χ1n) is 12.0. The molecule has 0 aliphatic heterocycles. The molecule has 1 saturated carbocycles. The van der Waals surface area contributed by atoms with Crippen LogP contribution in [0.25, 0.3) is 22.3 Å². The maximum absolute atomic E-state index is 6.54. The van der Waals surface area contributed by atoms with E-state index < -0.39 is 0 Å². The fourth-order valence-corrected chi connectivity index (χ4v) is 5.12. The van der Waals surface area contributed by atoms with Crippen molar-refractivity contribution in [3.05, 3.63) is 84.4 Å². The summed E-state index contributed by atoms with van der Waals surface area (Å²) in [5.74, 6) is 2.18. The van der Waals surface area contributed by atoms with Gasteiger partial charge in [-0.1, -0.05) is 100.0 Å². The Morgan fingerprint density at radius 2 is 1.48 bits per heavy atom. The van der Waals surface area contributed by atoms with Gasteiger partial charge in [-0.15, -0.1) is 0 Å². The molecule has 0 bridgehead atoms. The third-order valence-corrected chi connectivity index (χ3v) is 6.97. The van der Waals surface area contributed by atoms with Crippen LogP contribution in [0.3, 0.4) is 0 Å². The molecule has 0 unspecified atom stereocenters. The molecule has 0 radical (unpaired) electrons. The average molecular weight is 413 g/mol. The fourth-order valence-electron chi connectivity index (χ4n) is 5.12. The van der Waals surface area contributed by atoms with Gasteiger partial charge in [0.05, 0.1) is 12.7 Å². The van der Waals surface area contributed by atoms with E-state index in [4.69, 9.17) is 4.74 Å². The van der Waals surface area contributed by atoms with Crippen LogP contribution in [0.15, 0.2) is 78.9 Å². The second-order valence-electron chi connectivity index (χ2n) is 9.59. The second-order valence-corrected chi connectivity index (χ2v) is 9.59. The highest BCUT2D eigenvalue weighted by molar-refractivity contribution is 5.75. The summed E-state index contributed by atoms with van der Waals surface area (Å²) in [4.78, 5) is 0. The molecule has 3 aromatic rings. The van der Waals surface area contributed by atoms with Gasteiger partial charge in [0.15, 0.2) is 0 Å². The van der Waals surface area contributed by atoms with E-state index in [0.29, 0.717) is 17.9 Å². The first-order chi connectivity index (χ1) is 15.1. The van der Waals surface area contributed by atoms with Crippen molar-refractivity contribution in [1.82, 2.24) is 0 Å². The maximum atomic E-state index is 6.54. The normalized spacial score (nSPS) is 21.4. The Kier molecular flexibility index (Phi) is 7.25. The van der Waals surface area contributed by atoms with Gasteiger partial charge in [-0.3, -0.25) is 0 Å². The van der Waals surface area contributed by atoms with Crippen molar-refractivity contribution in [2.24, 2.45) is 17.8 Å². The monoisotopic (exact) mass is 412 g/mol. The Morgan fingerprint density at radius 1 is 0.806 bits per heavy atom. The third-order valence-electron chi connectivity index (χ3n) is 6.97. The Bertz CT molecular complexity index is 945. The molecule has 1 nitrogen and oxygen atoms in total. The SMILES string of the molecule is CC(C)[C@@H]1CC[C@@H](C)C[C@H]1OCCc1ccc(-c2ccccc2)cc1-c1ccccc1. The molecular formula is C30H36O. The van der Waals surface area contributed by atoms with Crippen molar-refractivity contribution in [3.63, 3.8) is 0 Å². The summed E-state index contributed by atoms with van der Waals surface area (Å²) in [5.41, 5.74) is 6.50. The van der Waals surface area contributed by atoms with Crippen LogP contribution >= 0.6 is 0 Å². The molecule has 0 amide bonds. The van der Waals surface area contributed by atoms with Crippen LogP contribution < -0.4 is 0 Å². The fraction of sp³-hybridized carbons (Fsp3) is 0.400. The van der Waals surface area contributed by atoms with Crippen LogP contribution in [0.1, 0.15) is 45.6 Å². The zero-order valence-electron chi connectivity index (χ0n) is 19.3. The second kappa shape index (κ2) is 10.3. The van der Waals surface area contributed by atoms with Crippen molar-refractivity contribution in [2.45, 2.75) is 52.6 Å². The summed E-state index contributed by atoms with van der Waals surface area (Å²) >= 11 is 0.